The number of nitrogens with zero attached hydrogens (tertiary/aromatic N) is 2. The number of anilines is 2. The zero-order valence-electron chi connectivity index (χ0n) is 24.8. The molecule has 0 bridgehead atoms. The predicted octanol–water partition coefficient (Wildman–Crippen LogP) is 6.07. The van der Waals surface area contributed by atoms with Gasteiger partial charge in [0.1, 0.15) is 11.4 Å². The van der Waals surface area contributed by atoms with Crippen LogP contribution in [0.1, 0.15) is 28.5 Å². The maximum atomic E-state index is 13.2. The van der Waals surface area contributed by atoms with Gasteiger partial charge in [-0.3, -0.25) is 23.9 Å². The van der Waals surface area contributed by atoms with Gasteiger partial charge < -0.3 is 16.0 Å². The number of thioether (sulfide) groups is 1. The molecule has 0 spiro atoms. The molecular formula is C34H31N5O4S2. The molecule has 0 fully saturated rings. The lowest BCUT2D eigenvalue weighted by Gasteiger charge is -2.13. The van der Waals surface area contributed by atoms with Crippen molar-refractivity contribution in [3.05, 3.63) is 135 Å². The van der Waals surface area contributed by atoms with Crippen LogP contribution in [-0.2, 0) is 16.6 Å². The first-order valence-electron chi connectivity index (χ1n) is 14.0. The van der Waals surface area contributed by atoms with Crippen LogP contribution >= 0.6 is 23.1 Å². The molecule has 0 aliphatic carbocycles. The van der Waals surface area contributed by atoms with Gasteiger partial charge in [-0.15, -0.1) is 11.8 Å². The Kier molecular flexibility index (Phi) is 9.81. The summed E-state index contributed by atoms with van der Waals surface area (Å²) in [4.78, 5) is 53.1. The number of amides is 3. The molecule has 3 N–H and O–H groups in total. The van der Waals surface area contributed by atoms with Crippen LogP contribution in [-0.4, -0.2) is 32.3 Å². The molecule has 3 aromatic carbocycles. The van der Waals surface area contributed by atoms with Crippen LogP contribution in [0.25, 0.3) is 11.8 Å². The van der Waals surface area contributed by atoms with E-state index in [1.807, 2.05) is 53.2 Å². The van der Waals surface area contributed by atoms with Gasteiger partial charge in [-0.25, -0.2) is 4.68 Å². The van der Waals surface area contributed by atoms with Crippen molar-refractivity contribution in [1.82, 2.24) is 14.7 Å². The van der Waals surface area contributed by atoms with E-state index in [9.17, 15) is 19.2 Å². The molecule has 45 heavy (non-hydrogen) atoms. The molecule has 1 atom stereocenters. The van der Waals surface area contributed by atoms with Crippen molar-refractivity contribution in [2.45, 2.75) is 24.0 Å². The van der Waals surface area contributed by atoms with Gasteiger partial charge in [0.05, 0.1) is 16.6 Å². The minimum absolute atomic E-state index is 0.105. The summed E-state index contributed by atoms with van der Waals surface area (Å²) < 4.78 is 3.23. The van der Waals surface area contributed by atoms with E-state index in [1.54, 1.807) is 80.2 Å². The highest BCUT2D eigenvalue weighted by atomic mass is 32.2. The number of rotatable bonds is 10. The van der Waals surface area contributed by atoms with Crippen molar-refractivity contribution in [3.63, 3.8) is 0 Å². The minimum Gasteiger partial charge on any atom is -0.321 e. The monoisotopic (exact) mass is 637 g/mol. The quantitative estimate of drug-likeness (QED) is 0.127. The number of carbonyl (C=O) groups excluding carboxylic acids is 3. The maximum Gasteiger partial charge on any atom is 0.295 e. The number of carbonyl (C=O) groups is 3. The molecule has 2 aromatic heterocycles. The molecule has 3 amide bonds. The highest BCUT2D eigenvalue weighted by Crippen LogP contribution is 2.26. The highest BCUT2D eigenvalue weighted by molar-refractivity contribution is 8.00. The molecule has 0 saturated carbocycles. The maximum absolute atomic E-state index is 13.2. The summed E-state index contributed by atoms with van der Waals surface area (Å²) in [6.45, 7) is 3.55. The Labute approximate surface area is 268 Å². The lowest BCUT2D eigenvalue weighted by atomic mass is 10.2. The van der Waals surface area contributed by atoms with E-state index in [-0.39, 0.29) is 22.9 Å². The van der Waals surface area contributed by atoms with Gasteiger partial charge in [0.15, 0.2) is 0 Å². The molecule has 228 valence electrons. The summed E-state index contributed by atoms with van der Waals surface area (Å²) in [6.07, 6.45) is 1.63. The van der Waals surface area contributed by atoms with Gasteiger partial charge in [-0.2, -0.15) is 11.3 Å². The highest BCUT2D eigenvalue weighted by Gasteiger charge is 2.22. The first-order chi connectivity index (χ1) is 21.7. The van der Waals surface area contributed by atoms with E-state index >= 15 is 0 Å². The fraction of sp³-hybridized carbons (Fsp3) is 0.118. The minimum atomic E-state index is -0.511. The molecule has 0 aliphatic heterocycles. The number of para-hydroxylation sites is 1. The topological polar surface area (TPSA) is 114 Å². The summed E-state index contributed by atoms with van der Waals surface area (Å²) in [6, 6.07) is 26.8. The van der Waals surface area contributed by atoms with Gasteiger partial charge in [-0.05, 0) is 90.8 Å². The second-order valence-corrected chi connectivity index (χ2v) is 12.3. The zero-order chi connectivity index (χ0) is 31.9. The third-order valence-electron chi connectivity index (χ3n) is 6.98. The van der Waals surface area contributed by atoms with Crippen LogP contribution < -0.4 is 21.5 Å². The number of benzene rings is 3. The van der Waals surface area contributed by atoms with Gasteiger partial charge in [-0.1, -0.05) is 36.4 Å². The number of aromatic nitrogens is 2. The molecule has 0 saturated heterocycles. The van der Waals surface area contributed by atoms with E-state index in [0.29, 0.717) is 22.6 Å². The Hall–Kier alpha value is -5.13. The van der Waals surface area contributed by atoms with Gasteiger partial charge in [0, 0.05) is 23.2 Å². The largest absolute Gasteiger partial charge is 0.321 e. The van der Waals surface area contributed by atoms with Crippen LogP contribution in [0, 0.1) is 6.92 Å². The summed E-state index contributed by atoms with van der Waals surface area (Å²) in [5.41, 5.74) is 3.13. The number of nitrogens with one attached hydrogen (secondary N) is 3. The lowest BCUT2D eigenvalue weighted by Crippen LogP contribution is -2.30. The third-order valence-corrected chi connectivity index (χ3v) is 8.79. The first-order valence-corrected chi connectivity index (χ1v) is 15.9. The van der Waals surface area contributed by atoms with E-state index in [4.69, 9.17) is 0 Å². The summed E-state index contributed by atoms with van der Waals surface area (Å²) >= 11 is 2.81. The van der Waals surface area contributed by atoms with Crippen molar-refractivity contribution < 1.29 is 14.4 Å². The van der Waals surface area contributed by atoms with Crippen LogP contribution in [0.15, 0.2) is 117 Å². The van der Waals surface area contributed by atoms with E-state index in [1.165, 1.54) is 27.8 Å². The summed E-state index contributed by atoms with van der Waals surface area (Å²) in [7, 11) is 1.77. The standard InChI is InChI=1S/C34H31N5O4S2/c1-22-30(34(43)39(38(22)3)27-12-8-5-9-13-27)37-31(40)23(2)45-28-16-14-26(15-17-28)35-33(42)29(20-24-18-19-44-21-24)36-32(41)25-10-6-4-7-11-25/h4-21,23H,1-3H3,(H,35,42)(H,36,41)(H,37,40)/b29-20-. The van der Waals surface area contributed by atoms with Crippen molar-refractivity contribution in [3.8, 4) is 5.69 Å². The molecule has 11 heteroatoms. The molecule has 5 aromatic rings. The van der Waals surface area contributed by atoms with Gasteiger partial charge >= 0.3 is 0 Å². The summed E-state index contributed by atoms with van der Waals surface area (Å²) in [5.74, 6) is -1.17. The van der Waals surface area contributed by atoms with Crippen molar-refractivity contribution in [2.75, 3.05) is 10.6 Å². The fourth-order valence-electron chi connectivity index (χ4n) is 4.48. The zero-order valence-corrected chi connectivity index (χ0v) is 26.4. The van der Waals surface area contributed by atoms with Crippen LogP contribution in [0.5, 0.6) is 0 Å². The first kappa shape index (κ1) is 31.3. The Balaban J connectivity index is 1.23. The molecule has 0 aliphatic rings. The van der Waals surface area contributed by atoms with E-state index in [0.717, 1.165) is 10.5 Å². The molecule has 5 rings (SSSR count). The smallest absolute Gasteiger partial charge is 0.295 e. The Morgan fingerprint density at radius 3 is 2.20 bits per heavy atom. The third kappa shape index (κ3) is 7.51. The van der Waals surface area contributed by atoms with Gasteiger partial charge in [0.2, 0.25) is 5.91 Å². The lowest BCUT2D eigenvalue weighted by molar-refractivity contribution is -0.115. The fourth-order valence-corrected chi connectivity index (χ4v) is 5.96. The predicted molar refractivity (Wildman–Crippen MR) is 181 cm³/mol. The second-order valence-electron chi connectivity index (χ2n) is 10.1. The molecule has 9 nitrogen and oxygen atoms in total. The SMILES string of the molecule is Cc1c(NC(=O)C(C)Sc2ccc(NC(=O)/C(=C/c3ccsc3)NC(=O)c3ccccc3)cc2)c(=O)n(-c2ccccc2)n1C. The van der Waals surface area contributed by atoms with Crippen molar-refractivity contribution >= 4 is 58.3 Å². The second kappa shape index (κ2) is 14.1. The van der Waals surface area contributed by atoms with Crippen molar-refractivity contribution in [2.24, 2.45) is 7.05 Å². The Morgan fingerprint density at radius 2 is 1.56 bits per heavy atom. The molecular weight excluding hydrogens is 607 g/mol. The average molecular weight is 638 g/mol. The summed E-state index contributed by atoms with van der Waals surface area (Å²) in [5, 5.41) is 11.6. The van der Waals surface area contributed by atoms with Crippen LogP contribution in [0.4, 0.5) is 11.4 Å². The number of hydrogen-bond donors (Lipinski definition) is 3. The molecule has 1 unspecified atom stereocenters. The van der Waals surface area contributed by atoms with E-state index < -0.39 is 17.1 Å². The average Bonchev–Trinajstić information content (AvgIpc) is 3.64. The van der Waals surface area contributed by atoms with Crippen LogP contribution in [0.2, 0.25) is 0 Å². The molecule has 0 radical (unpaired) electrons. The molecule has 2 heterocycles. The van der Waals surface area contributed by atoms with E-state index in [2.05, 4.69) is 16.0 Å². The van der Waals surface area contributed by atoms with Crippen molar-refractivity contribution in [1.29, 1.82) is 0 Å². The normalized spacial score (nSPS) is 11.9. The number of hydrogen-bond acceptors (Lipinski definition) is 6. The Bertz CT molecular complexity index is 1900. The number of thiophene rings is 1. The van der Waals surface area contributed by atoms with Crippen LogP contribution in [0.3, 0.4) is 0 Å². The van der Waals surface area contributed by atoms with Gasteiger partial charge in [0.25, 0.3) is 17.4 Å². The Morgan fingerprint density at radius 1 is 0.889 bits per heavy atom.